The first kappa shape index (κ1) is 16.8. The molecule has 0 unspecified atom stereocenters. The van der Waals surface area contributed by atoms with E-state index in [1.807, 2.05) is 0 Å². The molecule has 0 spiro atoms. The molecule has 0 bridgehead atoms. The van der Waals surface area contributed by atoms with Crippen molar-refractivity contribution in [2.45, 2.75) is 24.9 Å². The molecule has 4 nitrogen and oxygen atoms in total. The minimum atomic E-state index is -4.47. The first-order valence-electron chi connectivity index (χ1n) is 7.48. The minimum absolute atomic E-state index is 0.0485. The van der Waals surface area contributed by atoms with Gasteiger partial charge in [-0.15, -0.1) is 11.3 Å². The molecule has 1 aromatic heterocycles. The maximum Gasteiger partial charge on any atom is 0.419 e. The van der Waals surface area contributed by atoms with E-state index >= 15 is 0 Å². The van der Waals surface area contributed by atoms with Crippen molar-refractivity contribution in [2.24, 2.45) is 0 Å². The van der Waals surface area contributed by atoms with Gasteiger partial charge in [-0.1, -0.05) is 12.1 Å². The predicted molar refractivity (Wildman–Crippen MR) is 83.4 cm³/mol. The maximum atomic E-state index is 12.8. The van der Waals surface area contributed by atoms with Gasteiger partial charge in [0, 0.05) is 5.92 Å². The van der Waals surface area contributed by atoms with Gasteiger partial charge in [0.25, 0.3) is 5.91 Å². The number of rotatable bonds is 6. The fourth-order valence-corrected chi connectivity index (χ4v) is 3.15. The van der Waals surface area contributed by atoms with Gasteiger partial charge in [-0.2, -0.15) is 13.2 Å². The van der Waals surface area contributed by atoms with Crippen LogP contribution >= 0.6 is 11.3 Å². The first-order chi connectivity index (χ1) is 11.4. The Hall–Kier alpha value is -2.09. The summed E-state index contributed by atoms with van der Waals surface area (Å²) in [5.74, 6) is -0.0427. The number of aromatic nitrogens is 1. The zero-order valence-corrected chi connectivity index (χ0v) is 13.4. The normalized spacial score (nSPS) is 14.5. The lowest BCUT2D eigenvalue weighted by molar-refractivity contribution is -0.138. The first-order valence-corrected chi connectivity index (χ1v) is 8.30. The lowest BCUT2D eigenvalue weighted by Crippen LogP contribution is -2.27. The molecule has 8 heteroatoms. The Morgan fingerprint density at radius 1 is 1.33 bits per heavy atom. The van der Waals surface area contributed by atoms with Gasteiger partial charge in [0.15, 0.2) is 0 Å². The third-order valence-electron chi connectivity index (χ3n) is 3.51. The highest BCUT2D eigenvalue weighted by molar-refractivity contribution is 7.13. The number of thiazole rings is 1. The molecule has 1 aromatic carbocycles. The number of para-hydroxylation sites is 1. The number of carbonyl (C=O) groups excluding carboxylic acids is 1. The molecule has 2 aromatic rings. The monoisotopic (exact) mass is 356 g/mol. The van der Waals surface area contributed by atoms with Crippen LogP contribution in [-0.2, 0) is 6.18 Å². The van der Waals surface area contributed by atoms with Crippen LogP contribution in [0.4, 0.5) is 13.2 Å². The van der Waals surface area contributed by atoms with E-state index in [2.05, 4.69) is 10.3 Å². The number of hydrogen-bond acceptors (Lipinski definition) is 4. The second kappa shape index (κ2) is 6.80. The molecule has 128 valence electrons. The van der Waals surface area contributed by atoms with E-state index in [-0.39, 0.29) is 24.8 Å². The quantitative estimate of drug-likeness (QED) is 0.800. The number of alkyl halides is 3. The fourth-order valence-electron chi connectivity index (χ4n) is 2.15. The summed E-state index contributed by atoms with van der Waals surface area (Å²) in [5.41, 5.74) is -0.826. The van der Waals surface area contributed by atoms with E-state index < -0.39 is 11.7 Å². The molecule has 1 N–H and O–H groups in total. The van der Waals surface area contributed by atoms with Crippen molar-refractivity contribution in [3.8, 4) is 5.75 Å². The summed E-state index contributed by atoms with van der Waals surface area (Å²) in [6.07, 6.45) is -0.711. The molecule has 0 aliphatic heterocycles. The third kappa shape index (κ3) is 4.05. The van der Waals surface area contributed by atoms with Crippen LogP contribution < -0.4 is 10.1 Å². The fraction of sp³-hybridized carbons (Fsp3) is 0.375. The number of carbonyl (C=O) groups is 1. The van der Waals surface area contributed by atoms with Crippen molar-refractivity contribution < 1.29 is 22.7 Å². The lowest BCUT2D eigenvalue weighted by Gasteiger charge is -2.13. The number of amides is 1. The van der Waals surface area contributed by atoms with Crippen LogP contribution in [-0.4, -0.2) is 24.0 Å². The van der Waals surface area contributed by atoms with Gasteiger partial charge in [-0.3, -0.25) is 4.79 Å². The van der Waals surface area contributed by atoms with E-state index in [9.17, 15) is 18.0 Å². The van der Waals surface area contributed by atoms with Crippen LogP contribution in [0, 0.1) is 0 Å². The SMILES string of the molecule is O=C(NCCOc1ccccc1C(F)(F)F)c1cnc(C2CC2)s1. The van der Waals surface area contributed by atoms with Gasteiger partial charge in [0.1, 0.15) is 17.2 Å². The van der Waals surface area contributed by atoms with Crippen molar-refractivity contribution in [3.63, 3.8) is 0 Å². The summed E-state index contributed by atoms with van der Waals surface area (Å²) < 4.78 is 43.6. The van der Waals surface area contributed by atoms with Gasteiger partial charge in [-0.05, 0) is 25.0 Å². The van der Waals surface area contributed by atoms with Crippen molar-refractivity contribution in [2.75, 3.05) is 13.2 Å². The highest BCUT2D eigenvalue weighted by atomic mass is 32.1. The molecule has 24 heavy (non-hydrogen) atoms. The molecule has 1 heterocycles. The average Bonchev–Trinajstić information content (AvgIpc) is 3.28. The van der Waals surface area contributed by atoms with E-state index in [1.165, 1.54) is 35.7 Å². The van der Waals surface area contributed by atoms with E-state index in [0.29, 0.717) is 10.8 Å². The largest absolute Gasteiger partial charge is 0.491 e. The highest BCUT2D eigenvalue weighted by Crippen LogP contribution is 2.41. The Morgan fingerprint density at radius 3 is 2.79 bits per heavy atom. The average molecular weight is 356 g/mol. The molecule has 1 saturated carbocycles. The Balaban J connectivity index is 1.49. The summed E-state index contributed by atoms with van der Waals surface area (Å²) >= 11 is 1.36. The van der Waals surface area contributed by atoms with Gasteiger partial charge in [0.05, 0.1) is 23.3 Å². The Kier molecular flexibility index (Phi) is 4.75. The van der Waals surface area contributed by atoms with E-state index in [4.69, 9.17) is 4.74 Å². The zero-order chi connectivity index (χ0) is 17.2. The van der Waals surface area contributed by atoms with Crippen LogP contribution in [0.5, 0.6) is 5.75 Å². The summed E-state index contributed by atoms with van der Waals surface area (Å²) in [4.78, 5) is 16.7. The predicted octanol–water partition coefficient (Wildman–Crippen LogP) is 3.85. The maximum absolute atomic E-state index is 12.8. The molecule has 0 radical (unpaired) electrons. The van der Waals surface area contributed by atoms with Gasteiger partial charge < -0.3 is 10.1 Å². The smallest absolute Gasteiger partial charge is 0.419 e. The van der Waals surface area contributed by atoms with Crippen LogP contribution in [0.1, 0.15) is 39.0 Å². The molecule has 3 rings (SSSR count). The topological polar surface area (TPSA) is 51.2 Å². The molecule has 1 aliphatic rings. The molecule has 0 saturated heterocycles. The van der Waals surface area contributed by atoms with E-state index in [0.717, 1.165) is 23.9 Å². The van der Waals surface area contributed by atoms with Gasteiger partial charge in [0.2, 0.25) is 0 Å². The number of ether oxygens (including phenoxy) is 1. The lowest BCUT2D eigenvalue weighted by atomic mass is 10.2. The number of nitrogens with zero attached hydrogens (tertiary/aromatic N) is 1. The van der Waals surface area contributed by atoms with Crippen molar-refractivity contribution in [1.82, 2.24) is 10.3 Å². The van der Waals surface area contributed by atoms with E-state index in [1.54, 1.807) is 0 Å². The zero-order valence-electron chi connectivity index (χ0n) is 12.6. The van der Waals surface area contributed by atoms with Crippen LogP contribution in [0.2, 0.25) is 0 Å². The number of benzene rings is 1. The van der Waals surface area contributed by atoms with Crippen LogP contribution in [0.25, 0.3) is 0 Å². The Morgan fingerprint density at radius 2 is 2.08 bits per heavy atom. The summed E-state index contributed by atoms with van der Waals surface area (Å²) in [6.45, 7) is 0.0643. The Labute approximate surface area is 140 Å². The highest BCUT2D eigenvalue weighted by Gasteiger charge is 2.34. The van der Waals surface area contributed by atoms with Gasteiger partial charge in [-0.25, -0.2) is 4.98 Å². The summed E-state index contributed by atoms with van der Waals surface area (Å²) in [5, 5.41) is 3.59. The second-order valence-electron chi connectivity index (χ2n) is 5.44. The number of halogens is 3. The minimum Gasteiger partial charge on any atom is -0.491 e. The van der Waals surface area contributed by atoms with Crippen molar-refractivity contribution >= 4 is 17.2 Å². The molecule has 0 atom stereocenters. The molecule has 1 amide bonds. The second-order valence-corrected chi connectivity index (χ2v) is 6.50. The molecular formula is C16H15F3N2O2S. The van der Waals surface area contributed by atoms with Crippen molar-refractivity contribution in [1.29, 1.82) is 0 Å². The standard InChI is InChI=1S/C16H15F3N2O2S/c17-16(18,19)11-3-1-2-4-12(11)23-8-7-20-14(22)13-9-21-15(24-13)10-5-6-10/h1-4,9-10H,5-8H2,(H,20,22). The summed E-state index contributed by atoms with van der Waals surface area (Å²) in [6, 6.07) is 5.00. The van der Waals surface area contributed by atoms with Crippen LogP contribution in [0.15, 0.2) is 30.5 Å². The number of nitrogens with one attached hydrogen (secondary N) is 1. The molecule has 1 aliphatic carbocycles. The Bertz CT molecular complexity index is 726. The molecule has 1 fully saturated rings. The van der Waals surface area contributed by atoms with Crippen molar-refractivity contribution in [3.05, 3.63) is 45.9 Å². The third-order valence-corrected chi connectivity index (χ3v) is 4.67. The van der Waals surface area contributed by atoms with Gasteiger partial charge >= 0.3 is 6.18 Å². The summed E-state index contributed by atoms with van der Waals surface area (Å²) in [7, 11) is 0. The molecular weight excluding hydrogens is 341 g/mol. The van der Waals surface area contributed by atoms with Crippen LogP contribution in [0.3, 0.4) is 0 Å². The number of hydrogen-bond donors (Lipinski definition) is 1.